The minimum atomic E-state index is -0.721. The van der Waals surface area contributed by atoms with Crippen molar-refractivity contribution in [3.05, 3.63) is 102 Å². The molecular formula is C29H30N6O3. The molecule has 38 heavy (non-hydrogen) atoms. The van der Waals surface area contributed by atoms with E-state index in [1.54, 1.807) is 49.4 Å². The number of Topliss-reactive ketones (excluding diaryl/α,β-unsaturated/α-hetero) is 1. The molecule has 0 saturated heterocycles. The second kappa shape index (κ2) is 11.4. The van der Waals surface area contributed by atoms with Crippen molar-refractivity contribution in [1.29, 1.82) is 0 Å². The maximum atomic E-state index is 13.3. The highest BCUT2D eigenvalue weighted by molar-refractivity contribution is 6.14. The number of amides is 1. The molecule has 0 atom stereocenters. The summed E-state index contributed by atoms with van der Waals surface area (Å²) in [4.78, 5) is 41.4. The molecule has 1 amide bonds. The van der Waals surface area contributed by atoms with Gasteiger partial charge in [0.1, 0.15) is 17.0 Å². The van der Waals surface area contributed by atoms with Crippen molar-refractivity contribution >= 4 is 17.4 Å². The number of aryl methyl sites for hydroxylation is 1. The van der Waals surface area contributed by atoms with Crippen LogP contribution in [-0.2, 0) is 19.3 Å². The summed E-state index contributed by atoms with van der Waals surface area (Å²) in [6, 6.07) is 9.58. The predicted molar refractivity (Wildman–Crippen MR) is 143 cm³/mol. The van der Waals surface area contributed by atoms with Crippen LogP contribution in [0.1, 0.15) is 56.8 Å². The number of ether oxygens (including phenoxy) is 1. The molecule has 0 radical (unpaired) electrons. The summed E-state index contributed by atoms with van der Waals surface area (Å²) in [6.07, 6.45) is 15.5. The van der Waals surface area contributed by atoms with E-state index < -0.39 is 5.60 Å². The molecule has 5 rings (SSSR count). The average Bonchev–Trinajstić information content (AvgIpc) is 3.37. The van der Waals surface area contributed by atoms with Crippen LogP contribution in [-0.4, -0.2) is 43.8 Å². The second-order valence-electron chi connectivity index (χ2n) is 9.55. The Morgan fingerprint density at radius 2 is 1.63 bits per heavy atom. The van der Waals surface area contributed by atoms with Gasteiger partial charge in [-0.15, -0.1) is 0 Å². The van der Waals surface area contributed by atoms with E-state index in [0.717, 1.165) is 29.7 Å². The molecule has 9 heteroatoms. The predicted octanol–water partition coefficient (Wildman–Crippen LogP) is 3.92. The first kappa shape index (κ1) is 25.3. The summed E-state index contributed by atoms with van der Waals surface area (Å²) < 4.78 is 6.78. The van der Waals surface area contributed by atoms with Gasteiger partial charge in [0.05, 0.1) is 17.3 Å². The lowest BCUT2D eigenvalue weighted by atomic mass is 9.85. The number of aromatic nitrogens is 4. The third-order valence-corrected chi connectivity index (χ3v) is 6.82. The van der Waals surface area contributed by atoms with Crippen molar-refractivity contribution in [2.24, 2.45) is 5.73 Å². The van der Waals surface area contributed by atoms with E-state index in [1.807, 2.05) is 24.3 Å². The van der Waals surface area contributed by atoms with Gasteiger partial charge in [-0.25, -0.2) is 0 Å². The third-order valence-electron chi connectivity index (χ3n) is 6.82. The molecule has 4 aromatic heterocycles. The largest absolute Gasteiger partial charge is 0.484 e. The number of hydrogen-bond donors (Lipinski definition) is 3. The van der Waals surface area contributed by atoms with Gasteiger partial charge < -0.3 is 20.8 Å². The third kappa shape index (κ3) is 5.63. The van der Waals surface area contributed by atoms with Crippen molar-refractivity contribution in [3.8, 4) is 5.75 Å². The van der Waals surface area contributed by atoms with Gasteiger partial charge in [-0.05, 0) is 54.8 Å². The van der Waals surface area contributed by atoms with Crippen LogP contribution in [0.5, 0.6) is 5.75 Å². The van der Waals surface area contributed by atoms with Crippen molar-refractivity contribution in [1.82, 2.24) is 19.9 Å². The molecule has 9 nitrogen and oxygen atoms in total. The summed E-state index contributed by atoms with van der Waals surface area (Å²) >= 11 is 0. The summed E-state index contributed by atoms with van der Waals surface area (Å²) in [6.45, 7) is 0.403. The van der Waals surface area contributed by atoms with Crippen LogP contribution in [0.15, 0.2) is 73.7 Å². The van der Waals surface area contributed by atoms with Gasteiger partial charge in [0.25, 0.3) is 5.91 Å². The SMILES string of the molecule is NCCC(Cc1ccncc1)(Cc1ccncc1)Oc1ccncc1NC(=O)c1c[nH]c2c1C(=O)CCC2. The molecule has 1 aliphatic rings. The minimum absolute atomic E-state index is 0.0167. The van der Waals surface area contributed by atoms with Crippen molar-refractivity contribution in [3.63, 3.8) is 0 Å². The number of nitrogens with zero attached hydrogens (tertiary/aromatic N) is 3. The summed E-state index contributed by atoms with van der Waals surface area (Å²) in [5, 5.41) is 2.93. The Hall–Kier alpha value is -4.37. The van der Waals surface area contributed by atoms with E-state index in [9.17, 15) is 9.59 Å². The molecule has 0 saturated carbocycles. The Morgan fingerprint density at radius 1 is 0.974 bits per heavy atom. The van der Waals surface area contributed by atoms with E-state index in [2.05, 4.69) is 25.3 Å². The number of pyridine rings is 3. The highest BCUT2D eigenvalue weighted by Gasteiger charge is 2.34. The van der Waals surface area contributed by atoms with E-state index in [1.165, 1.54) is 0 Å². The number of nitrogens with one attached hydrogen (secondary N) is 2. The molecule has 0 unspecified atom stereocenters. The van der Waals surface area contributed by atoms with Crippen LogP contribution in [0.3, 0.4) is 0 Å². The zero-order valence-corrected chi connectivity index (χ0v) is 21.0. The molecule has 0 bridgehead atoms. The molecule has 0 spiro atoms. The zero-order chi connectivity index (χ0) is 26.4. The molecule has 0 fully saturated rings. The van der Waals surface area contributed by atoms with Crippen LogP contribution >= 0.6 is 0 Å². The Kier molecular flexibility index (Phi) is 7.55. The zero-order valence-electron chi connectivity index (χ0n) is 21.0. The molecule has 0 aliphatic heterocycles. The Bertz CT molecular complexity index is 1360. The van der Waals surface area contributed by atoms with Gasteiger partial charge in [-0.1, -0.05) is 0 Å². The van der Waals surface area contributed by atoms with Gasteiger partial charge in [0.15, 0.2) is 5.78 Å². The van der Waals surface area contributed by atoms with E-state index in [0.29, 0.717) is 54.8 Å². The molecule has 0 aromatic carbocycles. The molecule has 1 aliphatic carbocycles. The lowest BCUT2D eigenvalue weighted by molar-refractivity contribution is 0.0626. The number of rotatable bonds is 10. The Morgan fingerprint density at radius 3 is 2.29 bits per heavy atom. The monoisotopic (exact) mass is 510 g/mol. The number of anilines is 1. The van der Waals surface area contributed by atoms with Crippen LogP contribution < -0.4 is 15.8 Å². The fraction of sp³-hybridized carbons (Fsp3) is 0.276. The smallest absolute Gasteiger partial charge is 0.258 e. The van der Waals surface area contributed by atoms with Crippen LogP contribution in [0.25, 0.3) is 0 Å². The molecule has 194 valence electrons. The average molecular weight is 511 g/mol. The van der Waals surface area contributed by atoms with Gasteiger partial charge in [-0.3, -0.25) is 24.5 Å². The summed E-state index contributed by atoms with van der Waals surface area (Å²) in [5.41, 5.74) is 9.55. The topological polar surface area (TPSA) is 136 Å². The number of nitrogens with two attached hydrogens (primary N) is 1. The minimum Gasteiger partial charge on any atom is -0.484 e. The number of fused-ring (bicyclic) bond motifs is 1. The van der Waals surface area contributed by atoms with Crippen molar-refractivity contribution in [2.45, 2.75) is 44.1 Å². The Labute approximate surface area is 220 Å². The first-order valence-corrected chi connectivity index (χ1v) is 12.7. The fourth-order valence-corrected chi connectivity index (χ4v) is 5.07. The normalized spacial score (nSPS) is 13.1. The van der Waals surface area contributed by atoms with E-state index in [-0.39, 0.29) is 11.7 Å². The number of carbonyl (C=O) groups is 2. The summed E-state index contributed by atoms with van der Waals surface area (Å²) in [5.74, 6) is 0.0703. The number of hydrogen-bond acceptors (Lipinski definition) is 7. The molecule has 4 N–H and O–H groups in total. The van der Waals surface area contributed by atoms with Crippen LogP contribution in [0.2, 0.25) is 0 Å². The number of H-pyrrole nitrogens is 1. The molecule has 4 heterocycles. The lowest BCUT2D eigenvalue weighted by Crippen LogP contribution is -2.43. The standard InChI is InChI=1S/C29H30N6O3/c30-10-9-29(16-20-4-11-31-12-5-20,17-21-6-13-32-14-7-21)38-26-8-15-33-19-24(26)35-28(37)22-18-34-23-2-1-3-25(36)27(22)23/h4-8,11-15,18-19,34H,1-3,9-10,16-17,30H2,(H,35,37). The molecular weight excluding hydrogens is 480 g/mol. The van der Waals surface area contributed by atoms with Crippen molar-refractivity contribution in [2.75, 3.05) is 11.9 Å². The Balaban J connectivity index is 1.47. The van der Waals surface area contributed by atoms with Gasteiger partial charge >= 0.3 is 0 Å². The van der Waals surface area contributed by atoms with Gasteiger partial charge in [0.2, 0.25) is 0 Å². The van der Waals surface area contributed by atoms with Gasteiger partial charge in [0, 0.05) is 74.6 Å². The maximum Gasteiger partial charge on any atom is 0.258 e. The van der Waals surface area contributed by atoms with Crippen LogP contribution in [0, 0.1) is 0 Å². The number of aromatic amines is 1. The summed E-state index contributed by atoms with van der Waals surface area (Å²) in [7, 11) is 0. The quantitative estimate of drug-likeness (QED) is 0.294. The van der Waals surface area contributed by atoms with E-state index in [4.69, 9.17) is 10.5 Å². The van der Waals surface area contributed by atoms with Crippen molar-refractivity contribution < 1.29 is 14.3 Å². The maximum absolute atomic E-state index is 13.3. The van der Waals surface area contributed by atoms with E-state index >= 15 is 0 Å². The number of carbonyl (C=O) groups excluding carboxylic acids is 2. The van der Waals surface area contributed by atoms with Crippen LogP contribution in [0.4, 0.5) is 5.69 Å². The molecule has 4 aromatic rings. The highest BCUT2D eigenvalue weighted by atomic mass is 16.5. The first-order chi connectivity index (χ1) is 18.6. The number of ketones is 1. The second-order valence-corrected chi connectivity index (χ2v) is 9.55. The lowest BCUT2D eigenvalue weighted by Gasteiger charge is -2.35. The first-order valence-electron chi connectivity index (χ1n) is 12.7. The van der Waals surface area contributed by atoms with Gasteiger partial charge in [-0.2, -0.15) is 0 Å². The fourth-order valence-electron chi connectivity index (χ4n) is 5.07. The highest BCUT2D eigenvalue weighted by Crippen LogP contribution is 2.34.